The summed E-state index contributed by atoms with van der Waals surface area (Å²) in [6.45, 7) is 4.13. The molecule has 0 rings (SSSR count). The lowest BCUT2D eigenvalue weighted by molar-refractivity contribution is -0.870. The summed E-state index contributed by atoms with van der Waals surface area (Å²) in [4.78, 5) is 35.7. The number of esters is 2. The molecule has 428 valence electrons. The van der Waals surface area contributed by atoms with E-state index in [9.17, 15) is 19.0 Å². The fourth-order valence-corrected chi connectivity index (χ4v) is 7.86. The Labute approximate surface area is 465 Å². The topological polar surface area (TPSA) is 108 Å². The molecule has 0 aromatic rings. The fourth-order valence-electron chi connectivity index (χ4n) is 7.11. The first-order chi connectivity index (χ1) is 37.0. The molecule has 0 aromatic carbocycles. The van der Waals surface area contributed by atoms with Gasteiger partial charge in [0.25, 0.3) is 0 Å². The molecule has 0 saturated carbocycles. The molecule has 0 saturated heterocycles. The smallest absolute Gasteiger partial charge is 0.462 e. The average molecular weight is 1070 g/mol. The van der Waals surface area contributed by atoms with E-state index in [-0.39, 0.29) is 26.1 Å². The van der Waals surface area contributed by atoms with Crippen molar-refractivity contribution in [3.05, 3.63) is 158 Å². The molecule has 0 aliphatic carbocycles. The average Bonchev–Trinajstić information content (AvgIpc) is 3.38. The highest BCUT2D eigenvalue weighted by Gasteiger charge is 2.27. The highest BCUT2D eigenvalue weighted by molar-refractivity contribution is 7.47. The van der Waals surface area contributed by atoms with Gasteiger partial charge in [-0.2, -0.15) is 0 Å². The Bertz CT molecular complexity index is 1840. The van der Waals surface area contributed by atoms with Crippen molar-refractivity contribution in [2.75, 3.05) is 47.5 Å². The van der Waals surface area contributed by atoms with Gasteiger partial charge >= 0.3 is 19.8 Å². The lowest BCUT2D eigenvalue weighted by Gasteiger charge is -2.24. The molecule has 0 radical (unpaired) electrons. The Morgan fingerprint density at radius 3 is 1.05 bits per heavy atom. The molecule has 0 aromatic heterocycles. The number of carbonyl (C=O) groups is 2. The summed E-state index contributed by atoms with van der Waals surface area (Å²) in [7, 11) is 1.43. The molecular weight excluding hydrogens is 966 g/mol. The number of ether oxygens (including phenoxy) is 2. The van der Waals surface area contributed by atoms with Crippen LogP contribution in [-0.4, -0.2) is 74.9 Å². The highest BCUT2D eigenvalue weighted by atomic mass is 31.2. The third-order valence-electron chi connectivity index (χ3n) is 11.6. The van der Waals surface area contributed by atoms with Crippen LogP contribution in [0.4, 0.5) is 0 Å². The van der Waals surface area contributed by atoms with Crippen molar-refractivity contribution >= 4 is 19.8 Å². The fraction of sp³-hybridized carbons (Fsp3) is 0.576. The number of likely N-dealkylation sites (N-methyl/N-ethyl adjacent to an activating group) is 1. The molecule has 10 heteroatoms. The molecule has 9 nitrogen and oxygen atoms in total. The van der Waals surface area contributed by atoms with Gasteiger partial charge in [0, 0.05) is 12.8 Å². The first-order valence-electron chi connectivity index (χ1n) is 29.2. The van der Waals surface area contributed by atoms with E-state index in [1.807, 2.05) is 21.1 Å². The van der Waals surface area contributed by atoms with Crippen LogP contribution in [0.5, 0.6) is 0 Å². The van der Waals surface area contributed by atoms with E-state index in [1.165, 1.54) is 0 Å². The van der Waals surface area contributed by atoms with Gasteiger partial charge < -0.3 is 18.9 Å². The van der Waals surface area contributed by atoms with Gasteiger partial charge in [0.05, 0.1) is 27.7 Å². The van der Waals surface area contributed by atoms with Gasteiger partial charge in [-0.3, -0.25) is 18.6 Å². The standard InChI is InChI=1S/C66H106NO8P/c1-6-8-10-12-14-16-18-20-22-24-26-28-29-30-31-32-33-34-35-36-37-39-41-43-45-47-49-51-53-55-57-59-66(69)75-64(63-74-76(70,71)73-61-60-67(3,4)5)62-72-65(68)58-56-54-52-50-48-46-44-42-40-38-27-25-23-21-19-17-15-13-11-9-7-2/h8-11,14-17,20-23,26-28,30-31,33-34,36-38,41-44,64H,6-7,12-13,18-19,24-25,29,32,35,39-40,45-63H2,1-5H3/p+1/b10-8-,11-9-,16-14-,17-15-,22-20-,23-21-,28-26-,31-30-,34-33-,37-36-,38-27-,43-41-,44-42-. The molecule has 0 aliphatic rings. The molecule has 0 spiro atoms. The van der Waals surface area contributed by atoms with Crippen molar-refractivity contribution in [1.29, 1.82) is 0 Å². The minimum Gasteiger partial charge on any atom is -0.462 e. The zero-order valence-corrected chi connectivity index (χ0v) is 49.3. The largest absolute Gasteiger partial charge is 0.472 e. The number of unbranched alkanes of at least 4 members (excludes halogenated alkanes) is 11. The van der Waals surface area contributed by atoms with Gasteiger partial charge in [-0.05, 0) is 122 Å². The van der Waals surface area contributed by atoms with Gasteiger partial charge in [0.2, 0.25) is 0 Å². The number of carbonyl (C=O) groups excluding carboxylic acids is 2. The Morgan fingerprint density at radius 2 is 0.711 bits per heavy atom. The number of rotatable bonds is 51. The zero-order valence-electron chi connectivity index (χ0n) is 48.4. The van der Waals surface area contributed by atoms with E-state index in [1.54, 1.807) is 0 Å². The first kappa shape index (κ1) is 71.6. The summed E-state index contributed by atoms with van der Waals surface area (Å²) >= 11 is 0. The van der Waals surface area contributed by atoms with Gasteiger partial charge in [-0.1, -0.05) is 217 Å². The van der Waals surface area contributed by atoms with Crippen LogP contribution in [0.2, 0.25) is 0 Å². The zero-order chi connectivity index (χ0) is 55.6. The third-order valence-corrected chi connectivity index (χ3v) is 12.5. The molecule has 0 heterocycles. The molecule has 0 fully saturated rings. The molecule has 76 heavy (non-hydrogen) atoms. The van der Waals surface area contributed by atoms with Crippen LogP contribution in [0.15, 0.2) is 158 Å². The number of nitrogens with zero attached hydrogens (tertiary/aromatic N) is 1. The van der Waals surface area contributed by atoms with Crippen LogP contribution < -0.4 is 0 Å². The summed E-state index contributed by atoms with van der Waals surface area (Å²) < 4.78 is 34.5. The minimum absolute atomic E-state index is 0.0151. The van der Waals surface area contributed by atoms with Gasteiger partial charge in [0.15, 0.2) is 6.10 Å². The predicted molar refractivity (Wildman–Crippen MR) is 325 cm³/mol. The normalized spacial score (nSPS) is 14.4. The number of hydrogen-bond acceptors (Lipinski definition) is 7. The van der Waals surface area contributed by atoms with E-state index in [0.29, 0.717) is 23.9 Å². The van der Waals surface area contributed by atoms with Crippen LogP contribution in [0.3, 0.4) is 0 Å². The second-order valence-electron chi connectivity index (χ2n) is 19.9. The lowest BCUT2D eigenvalue weighted by Crippen LogP contribution is -2.37. The van der Waals surface area contributed by atoms with Crippen molar-refractivity contribution in [3.8, 4) is 0 Å². The van der Waals surface area contributed by atoms with Gasteiger partial charge in [-0.15, -0.1) is 0 Å². The van der Waals surface area contributed by atoms with Crippen molar-refractivity contribution < 1.29 is 42.1 Å². The summed E-state index contributed by atoms with van der Waals surface area (Å²) in [6.07, 6.45) is 83.0. The Hall–Kier alpha value is -4.37. The SMILES string of the molecule is CC/C=C\C/C=C\C/C=C\C/C=C\C/C=C\C/C=C\C/C=C\C/C=C\CCCCCCCCC(=O)OC(COC(=O)CCCCCCC/C=C\C/C=C\C/C=C\C/C=C\C/C=C\CC)COP(=O)(O)OCC[N+](C)(C)C. The van der Waals surface area contributed by atoms with Crippen LogP contribution in [0.25, 0.3) is 0 Å². The molecule has 2 unspecified atom stereocenters. The van der Waals surface area contributed by atoms with E-state index in [0.717, 1.165) is 154 Å². The molecular formula is C66H107NO8P+. The quantitative estimate of drug-likeness (QED) is 0.0211. The monoisotopic (exact) mass is 1070 g/mol. The van der Waals surface area contributed by atoms with Crippen LogP contribution >= 0.6 is 7.82 Å². The van der Waals surface area contributed by atoms with Crippen molar-refractivity contribution in [2.45, 2.75) is 200 Å². The first-order valence-corrected chi connectivity index (χ1v) is 30.7. The highest BCUT2D eigenvalue weighted by Crippen LogP contribution is 2.43. The summed E-state index contributed by atoms with van der Waals surface area (Å²) in [5.41, 5.74) is 0. The Balaban J connectivity index is 4.29. The van der Waals surface area contributed by atoms with Crippen molar-refractivity contribution in [1.82, 2.24) is 0 Å². The Kier molecular flexibility index (Phi) is 52.2. The van der Waals surface area contributed by atoms with Crippen LogP contribution in [0.1, 0.15) is 194 Å². The minimum atomic E-state index is -4.41. The number of phosphoric ester groups is 1. The number of quaternary nitrogens is 1. The lowest BCUT2D eigenvalue weighted by atomic mass is 10.1. The van der Waals surface area contributed by atoms with Crippen LogP contribution in [-0.2, 0) is 32.7 Å². The maximum Gasteiger partial charge on any atom is 0.472 e. The summed E-state index contributed by atoms with van der Waals surface area (Å²) in [5, 5.41) is 0. The number of phosphoric acid groups is 1. The number of allylic oxidation sites excluding steroid dienone is 26. The maximum absolute atomic E-state index is 12.8. The maximum atomic E-state index is 12.8. The third kappa shape index (κ3) is 58.9. The molecule has 0 amide bonds. The van der Waals surface area contributed by atoms with E-state index >= 15 is 0 Å². The molecule has 0 aliphatic heterocycles. The van der Waals surface area contributed by atoms with E-state index in [2.05, 4.69) is 172 Å². The molecule has 0 bridgehead atoms. The Morgan fingerprint density at radius 1 is 0.408 bits per heavy atom. The van der Waals surface area contributed by atoms with Crippen molar-refractivity contribution in [2.24, 2.45) is 0 Å². The van der Waals surface area contributed by atoms with E-state index in [4.69, 9.17) is 18.5 Å². The van der Waals surface area contributed by atoms with Crippen molar-refractivity contribution in [3.63, 3.8) is 0 Å². The summed E-state index contributed by atoms with van der Waals surface area (Å²) in [5.74, 6) is -0.851. The second kappa shape index (κ2) is 55.4. The predicted octanol–water partition coefficient (Wildman–Crippen LogP) is 18.5. The molecule has 2 atom stereocenters. The van der Waals surface area contributed by atoms with Gasteiger partial charge in [-0.25, -0.2) is 4.57 Å². The summed E-state index contributed by atoms with van der Waals surface area (Å²) in [6, 6.07) is 0. The van der Waals surface area contributed by atoms with Gasteiger partial charge in [0.1, 0.15) is 19.8 Å². The molecule has 1 N–H and O–H groups in total. The number of hydrogen-bond donors (Lipinski definition) is 1. The van der Waals surface area contributed by atoms with Crippen LogP contribution in [0, 0.1) is 0 Å². The van der Waals surface area contributed by atoms with E-state index < -0.39 is 32.5 Å². The second-order valence-corrected chi connectivity index (χ2v) is 21.4.